The second-order valence-electron chi connectivity index (χ2n) is 5.10. The number of sulfonamides is 1. The van der Waals surface area contributed by atoms with Gasteiger partial charge in [-0.2, -0.15) is 8.42 Å². The Labute approximate surface area is 135 Å². The molecule has 2 aromatic carbocycles. The monoisotopic (exact) mass is 331 g/mol. The van der Waals surface area contributed by atoms with E-state index < -0.39 is 15.9 Å². The van der Waals surface area contributed by atoms with Gasteiger partial charge in [-0.1, -0.05) is 30.3 Å². The molecule has 1 amide bonds. The third-order valence-corrected chi connectivity index (χ3v) is 4.32. The molecule has 0 aliphatic heterocycles. The van der Waals surface area contributed by atoms with Gasteiger partial charge in [0.25, 0.3) is 10.0 Å². The maximum absolute atomic E-state index is 12.4. The van der Waals surface area contributed by atoms with Crippen molar-refractivity contribution in [1.82, 2.24) is 4.90 Å². The highest BCUT2D eigenvalue weighted by molar-refractivity contribution is 7.90. The first kappa shape index (κ1) is 16.7. The van der Waals surface area contributed by atoms with Crippen LogP contribution in [0.15, 0.2) is 57.8 Å². The highest BCUT2D eigenvalue weighted by atomic mass is 32.2. The zero-order chi connectivity index (χ0) is 17.0. The van der Waals surface area contributed by atoms with Crippen LogP contribution in [-0.2, 0) is 10.0 Å². The number of nitrogens with zero attached hydrogens (tertiary/aromatic N) is 2. The number of rotatable bonds is 5. The number of hydrogen-bond donors (Lipinski definition) is 1. The van der Waals surface area contributed by atoms with Gasteiger partial charge in [0.05, 0.1) is 4.90 Å². The fourth-order valence-electron chi connectivity index (χ4n) is 1.98. The lowest BCUT2D eigenvalue weighted by molar-refractivity contribution is 0.100. The van der Waals surface area contributed by atoms with Gasteiger partial charge in [-0.3, -0.25) is 4.79 Å². The molecule has 2 N–H and O–H groups in total. The van der Waals surface area contributed by atoms with Crippen molar-refractivity contribution in [3.05, 3.63) is 54.1 Å². The van der Waals surface area contributed by atoms with Crippen molar-refractivity contribution < 1.29 is 13.2 Å². The second-order valence-corrected chi connectivity index (χ2v) is 6.70. The Hall–Kier alpha value is -2.67. The Morgan fingerprint density at radius 2 is 1.83 bits per heavy atom. The van der Waals surface area contributed by atoms with E-state index in [-0.39, 0.29) is 4.90 Å². The molecule has 2 rings (SSSR count). The molecule has 0 aliphatic rings. The fourth-order valence-corrected chi connectivity index (χ4v) is 3.12. The summed E-state index contributed by atoms with van der Waals surface area (Å²) in [4.78, 5) is 12.9. The number of carbonyl (C=O) groups excluding carboxylic acids is 1. The number of hydrogen-bond acceptors (Lipinski definition) is 3. The third kappa shape index (κ3) is 3.95. The predicted molar refractivity (Wildman–Crippen MR) is 89.8 cm³/mol. The van der Waals surface area contributed by atoms with Crippen LogP contribution in [-0.4, -0.2) is 39.7 Å². The number of primary amides is 1. The van der Waals surface area contributed by atoms with Crippen molar-refractivity contribution in [2.75, 3.05) is 14.1 Å². The van der Waals surface area contributed by atoms with E-state index in [0.29, 0.717) is 16.7 Å². The van der Waals surface area contributed by atoms with Crippen LogP contribution in [0.4, 0.5) is 0 Å². The molecule has 0 radical (unpaired) electrons. The maximum atomic E-state index is 12.4. The van der Waals surface area contributed by atoms with Gasteiger partial charge in [-0.25, -0.2) is 0 Å². The first-order chi connectivity index (χ1) is 10.8. The van der Waals surface area contributed by atoms with E-state index in [1.54, 1.807) is 56.6 Å². The summed E-state index contributed by atoms with van der Waals surface area (Å²) in [6.45, 7) is 0. The molecule has 2 aromatic rings. The number of amides is 1. The van der Waals surface area contributed by atoms with E-state index in [4.69, 9.17) is 5.73 Å². The summed E-state index contributed by atoms with van der Waals surface area (Å²) >= 11 is 0. The molecule has 0 heterocycles. The van der Waals surface area contributed by atoms with Crippen molar-refractivity contribution in [2.45, 2.75) is 4.90 Å². The highest BCUT2D eigenvalue weighted by Gasteiger charge is 2.18. The average molecular weight is 331 g/mol. The summed E-state index contributed by atoms with van der Waals surface area (Å²) in [6, 6.07) is 13.0. The van der Waals surface area contributed by atoms with E-state index in [1.807, 2.05) is 0 Å². The summed E-state index contributed by atoms with van der Waals surface area (Å²) in [5.41, 5.74) is 6.64. The summed E-state index contributed by atoms with van der Waals surface area (Å²) in [5, 5.41) is 0. The van der Waals surface area contributed by atoms with Gasteiger partial charge >= 0.3 is 0 Å². The Bertz CT molecular complexity index is 858. The molecule has 0 saturated carbocycles. The van der Waals surface area contributed by atoms with Gasteiger partial charge in [0, 0.05) is 25.2 Å². The Kier molecular flexibility index (Phi) is 4.80. The Morgan fingerprint density at radius 3 is 2.48 bits per heavy atom. The number of nitrogens with two attached hydrogens (primary N) is 1. The fraction of sp³-hybridized carbons (Fsp3) is 0.125. The molecule has 7 heteroatoms. The number of benzene rings is 2. The van der Waals surface area contributed by atoms with Gasteiger partial charge in [0.2, 0.25) is 5.91 Å². The predicted octanol–water partition coefficient (Wildman–Crippen LogP) is 1.73. The van der Waals surface area contributed by atoms with Gasteiger partial charge in [0.1, 0.15) is 6.34 Å². The van der Waals surface area contributed by atoms with Crippen LogP contribution in [0.5, 0.6) is 0 Å². The lowest BCUT2D eigenvalue weighted by Gasteiger charge is -2.09. The normalized spacial score (nSPS) is 11.6. The van der Waals surface area contributed by atoms with E-state index in [0.717, 1.165) is 0 Å². The van der Waals surface area contributed by atoms with Crippen molar-refractivity contribution >= 4 is 22.3 Å². The first-order valence-electron chi connectivity index (χ1n) is 6.77. The van der Waals surface area contributed by atoms with Gasteiger partial charge in [-0.15, -0.1) is 4.40 Å². The summed E-state index contributed by atoms with van der Waals surface area (Å²) in [7, 11) is -0.492. The first-order valence-corrected chi connectivity index (χ1v) is 8.21. The van der Waals surface area contributed by atoms with Crippen molar-refractivity contribution in [2.24, 2.45) is 10.1 Å². The summed E-state index contributed by atoms with van der Waals surface area (Å²) < 4.78 is 28.5. The van der Waals surface area contributed by atoms with E-state index in [2.05, 4.69) is 4.40 Å². The Morgan fingerprint density at radius 1 is 1.13 bits per heavy atom. The smallest absolute Gasteiger partial charge is 0.284 e. The zero-order valence-electron chi connectivity index (χ0n) is 12.8. The summed E-state index contributed by atoms with van der Waals surface area (Å²) in [5.74, 6) is -0.571. The lowest BCUT2D eigenvalue weighted by Crippen LogP contribution is -2.11. The molecule has 0 saturated heterocycles. The third-order valence-electron chi connectivity index (χ3n) is 3.04. The van der Waals surface area contributed by atoms with Gasteiger partial charge < -0.3 is 10.6 Å². The zero-order valence-corrected chi connectivity index (χ0v) is 13.6. The largest absolute Gasteiger partial charge is 0.368 e. The Balaban J connectivity index is 2.59. The van der Waals surface area contributed by atoms with Crippen LogP contribution >= 0.6 is 0 Å². The molecular weight excluding hydrogens is 314 g/mol. The van der Waals surface area contributed by atoms with Gasteiger partial charge in [0.15, 0.2) is 0 Å². The molecule has 6 nitrogen and oxygen atoms in total. The quantitative estimate of drug-likeness (QED) is 0.667. The van der Waals surface area contributed by atoms with Crippen molar-refractivity contribution in [3.63, 3.8) is 0 Å². The standard InChI is InChI=1S/C16H17N3O3S/c1-19(2)11-18-23(21,22)15-9-4-3-8-14(15)12-6-5-7-13(10-12)16(17)20/h3-11H,1-2H3,(H2,17,20). The molecule has 0 bridgehead atoms. The van der Waals surface area contributed by atoms with Crippen LogP contribution in [0.2, 0.25) is 0 Å². The molecule has 120 valence electrons. The minimum atomic E-state index is -3.86. The van der Waals surface area contributed by atoms with Gasteiger partial charge in [-0.05, 0) is 23.8 Å². The molecule has 0 atom stereocenters. The van der Waals surface area contributed by atoms with E-state index >= 15 is 0 Å². The minimum absolute atomic E-state index is 0.0692. The van der Waals surface area contributed by atoms with Crippen LogP contribution in [0, 0.1) is 0 Å². The second kappa shape index (κ2) is 6.62. The summed E-state index contributed by atoms with van der Waals surface area (Å²) in [6.07, 6.45) is 1.23. The van der Waals surface area contributed by atoms with Crippen LogP contribution in [0.1, 0.15) is 10.4 Å². The topological polar surface area (TPSA) is 92.8 Å². The molecule has 0 aliphatic carbocycles. The molecule has 0 fully saturated rings. The molecule has 0 unspecified atom stereocenters. The minimum Gasteiger partial charge on any atom is -0.368 e. The van der Waals surface area contributed by atoms with Crippen LogP contribution < -0.4 is 5.73 Å². The van der Waals surface area contributed by atoms with Crippen molar-refractivity contribution in [1.29, 1.82) is 0 Å². The average Bonchev–Trinajstić information content (AvgIpc) is 2.53. The highest BCUT2D eigenvalue weighted by Crippen LogP contribution is 2.28. The maximum Gasteiger partial charge on any atom is 0.284 e. The van der Waals surface area contributed by atoms with E-state index in [1.165, 1.54) is 17.3 Å². The van der Waals surface area contributed by atoms with Crippen molar-refractivity contribution in [3.8, 4) is 11.1 Å². The molecular formula is C16H17N3O3S. The number of carbonyl (C=O) groups is 1. The molecule has 0 spiro atoms. The lowest BCUT2D eigenvalue weighted by atomic mass is 10.0. The molecule has 0 aromatic heterocycles. The van der Waals surface area contributed by atoms with Crippen LogP contribution in [0.3, 0.4) is 0 Å². The van der Waals surface area contributed by atoms with E-state index in [9.17, 15) is 13.2 Å². The molecule has 23 heavy (non-hydrogen) atoms. The SMILES string of the molecule is CN(C)C=NS(=O)(=O)c1ccccc1-c1cccc(C(N)=O)c1. The van der Waals surface area contributed by atoms with Crippen LogP contribution in [0.25, 0.3) is 11.1 Å².